The molecule has 0 radical (unpaired) electrons. The fraction of sp³-hybridized carbons (Fsp3) is 0.500. The van der Waals surface area contributed by atoms with Gasteiger partial charge in [-0.2, -0.15) is 0 Å². The van der Waals surface area contributed by atoms with Crippen molar-refractivity contribution in [2.75, 3.05) is 69.2 Å². The summed E-state index contributed by atoms with van der Waals surface area (Å²) < 4.78 is 0.815. The predicted molar refractivity (Wildman–Crippen MR) is 117 cm³/mol. The van der Waals surface area contributed by atoms with Gasteiger partial charge in [0.15, 0.2) is 0 Å². The highest BCUT2D eigenvalue weighted by Gasteiger charge is 2.24. The summed E-state index contributed by atoms with van der Waals surface area (Å²) in [5.41, 5.74) is 0.614. The SMILES string of the molecule is Cc1nc(N2CCN(C)CC2)cc(N2CCN(C(=O)c3cncc(Br)c3)CC2)n1. The van der Waals surface area contributed by atoms with Crippen molar-refractivity contribution in [1.82, 2.24) is 24.8 Å². The van der Waals surface area contributed by atoms with Crippen molar-refractivity contribution in [3.05, 3.63) is 40.4 Å². The molecule has 8 nitrogen and oxygen atoms in total. The van der Waals surface area contributed by atoms with Crippen LogP contribution in [0.5, 0.6) is 0 Å². The van der Waals surface area contributed by atoms with Crippen LogP contribution in [0, 0.1) is 6.92 Å². The number of piperazine rings is 2. The molecule has 9 heteroatoms. The molecule has 0 bridgehead atoms. The average molecular weight is 460 g/mol. The molecular formula is C20H26BrN7O. The maximum absolute atomic E-state index is 12.7. The lowest BCUT2D eigenvalue weighted by molar-refractivity contribution is 0.0746. The minimum atomic E-state index is 0.0236. The molecule has 0 unspecified atom stereocenters. The van der Waals surface area contributed by atoms with Gasteiger partial charge in [-0.3, -0.25) is 9.78 Å². The summed E-state index contributed by atoms with van der Waals surface area (Å²) >= 11 is 3.38. The van der Waals surface area contributed by atoms with Crippen LogP contribution in [0.1, 0.15) is 16.2 Å². The number of anilines is 2. The van der Waals surface area contributed by atoms with Gasteiger partial charge < -0.3 is 19.6 Å². The van der Waals surface area contributed by atoms with Gasteiger partial charge in [0.05, 0.1) is 5.56 Å². The van der Waals surface area contributed by atoms with Crippen LogP contribution < -0.4 is 9.80 Å². The van der Waals surface area contributed by atoms with Gasteiger partial charge in [-0.25, -0.2) is 9.97 Å². The van der Waals surface area contributed by atoms with Crippen LogP contribution in [0.15, 0.2) is 29.0 Å². The molecule has 0 atom stereocenters. The highest BCUT2D eigenvalue weighted by atomic mass is 79.9. The second-order valence-electron chi connectivity index (χ2n) is 7.59. The molecule has 2 fully saturated rings. The summed E-state index contributed by atoms with van der Waals surface area (Å²) in [5.74, 6) is 2.76. The standard InChI is InChI=1S/C20H26BrN7O/c1-15-23-18(26-5-3-25(2)4-6-26)12-19(24-15)27-7-9-28(10-8-27)20(29)16-11-17(21)14-22-13-16/h11-14H,3-10H2,1-2H3. The van der Waals surface area contributed by atoms with Crippen molar-refractivity contribution < 1.29 is 4.79 Å². The van der Waals surface area contributed by atoms with E-state index < -0.39 is 0 Å². The third kappa shape index (κ3) is 4.67. The molecule has 29 heavy (non-hydrogen) atoms. The summed E-state index contributed by atoms with van der Waals surface area (Å²) in [4.78, 5) is 35.0. The number of rotatable bonds is 3. The van der Waals surface area contributed by atoms with E-state index in [9.17, 15) is 4.79 Å². The van der Waals surface area contributed by atoms with E-state index in [0.717, 1.165) is 61.2 Å². The smallest absolute Gasteiger partial charge is 0.255 e. The van der Waals surface area contributed by atoms with Gasteiger partial charge in [0, 0.05) is 75.3 Å². The minimum absolute atomic E-state index is 0.0236. The number of carbonyl (C=O) groups excluding carboxylic acids is 1. The zero-order valence-corrected chi connectivity index (χ0v) is 18.5. The number of pyridine rings is 1. The van der Waals surface area contributed by atoms with Crippen molar-refractivity contribution in [3.8, 4) is 0 Å². The molecule has 2 aromatic heterocycles. The molecule has 0 spiro atoms. The molecule has 2 aliphatic rings. The summed E-state index contributed by atoms with van der Waals surface area (Å²) in [6, 6.07) is 3.91. The summed E-state index contributed by atoms with van der Waals surface area (Å²) in [5, 5.41) is 0. The van der Waals surface area contributed by atoms with Crippen LogP contribution in [-0.2, 0) is 0 Å². The molecule has 0 saturated carbocycles. The maximum Gasteiger partial charge on any atom is 0.255 e. The Hall–Kier alpha value is -2.26. The van der Waals surface area contributed by atoms with E-state index in [1.165, 1.54) is 0 Å². The first-order valence-corrected chi connectivity index (χ1v) is 10.7. The number of hydrogen-bond acceptors (Lipinski definition) is 7. The highest BCUT2D eigenvalue weighted by Crippen LogP contribution is 2.22. The van der Waals surface area contributed by atoms with Gasteiger partial charge in [0.1, 0.15) is 17.5 Å². The van der Waals surface area contributed by atoms with Crippen LogP contribution in [0.4, 0.5) is 11.6 Å². The van der Waals surface area contributed by atoms with Crippen molar-refractivity contribution in [2.24, 2.45) is 0 Å². The molecule has 154 valence electrons. The van der Waals surface area contributed by atoms with Crippen LogP contribution in [0.3, 0.4) is 0 Å². The van der Waals surface area contributed by atoms with Crippen LogP contribution >= 0.6 is 15.9 Å². The Bertz CT molecular complexity index is 877. The fourth-order valence-corrected chi connectivity index (χ4v) is 4.11. The third-order valence-corrected chi connectivity index (χ3v) is 5.91. The van der Waals surface area contributed by atoms with E-state index >= 15 is 0 Å². The number of carbonyl (C=O) groups is 1. The van der Waals surface area contributed by atoms with E-state index in [1.807, 2.05) is 17.9 Å². The molecule has 4 rings (SSSR count). The van der Waals surface area contributed by atoms with Gasteiger partial charge in [-0.05, 0) is 36.0 Å². The third-order valence-electron chi connectivity index (χ3n) is 5.48. The number of hydrogen-bond donors (Lipinski definition) is 0. The van der Waals surface area contributed by atoms with E-state index in [1.54, 1.807) is 12.4 Å². The maximum atomic E-state index is 12.7. The molecule has 0 aliphatic carbocycles. The van der Waals surface area contributed by atoms with Gasteiger partial charge in [-0.1, -0.05) is 0 Å². The number of aromatic nitrogens is 3. The Balaban J connectivity index is 1.42. The summed E-state index contributed by atoms with van der Waals surface area (Å²) in [6.07, 6.45) is 3.31. The molecule has 2 aliphatic heterocycles. The van der Waals surface area contributed by atoms with Crippen LogP contribution in [-0.4, -0.2) is 90.1 Å². The lowest BCUT2D eigenvalue weighted by atomic mass is 10.2. The lowest BCUT2D eigenvalue weighted by Crippen LogP contribution is -2.49. The van der Waals surface area contributed by atoms with Crippen molar-refractivity contribution in [1.29, 1.82) is 0 Å². The largest absolute Gasteiger partial charge is 0.354 e. The van der Waals surface area contributed by atoms with E-state index in [0.29, 0.717) is 18.7 Å². The fourth-order valence-electron chi connectivity index (χ4n) is 3.75. The Morgan fingerprint density at radius 1 is 0.897 bits per heavy atom. The number of halogens is 1. The molecule has 0 N–H and O–H groups in total. The zero-order chi connectivity index (χ0) is 20.4. The van der Waals surface area contributed by atoms with Gasteiger partial charge in [0.25, 0.3) is 5.91 Å². The number of nitrogens with zero attached hydrogens (tertiary/aromatic N) is 7. The van der Waals surface area contributed by atoms with Crippen molar-refractivity contribution >= 4 is 33.5 Å². The zero-order valence-electron chi connectivity index (χ0n) is 16.9. The normalized spacial score (nSPS) is 18.2. The minimum Gasteiger partial charge on any atom is -0.354 e. The number of aryl methyl sites for hydroxylation is 1. The first-order chi connectivity index (χ1) is 14.0. The predicted octanol–water partition coefficient (Wildman–Crippen LogP) is 1.66. The lowest BCUT2D eigenvalue weighted by Gasteiger charge is -2.36. The average Bonchev–Trinajstić information content (AvgIpc) is 2.73. The van der Waals surface area contributed by atoms with Crippen LogP contribution in [0.25, 0.3) is 0 Å². The number of likely N-dealkylation sites (N-methyl/N-ethyl adjacent to an activating group) is 1. The quantitative estimate of drug-likeness (QED) is 0.690. The monoisotopic (exact) mass is 459 g/mol. The number of amides is 1. The molecule has 4 heterocycles. The molecular weight excluding hydrogens is 434 g/mol. The molecule has 2 saturated heterocycles. The highest BCUT2D eigenvalue weighted by molar-refractivity contribution is 9.10. The van der Waals surface area contributed by atoms with Gasteiger partial charge in [0.2, 0.25) is 0 Å². The van der Waals surface area contributed by atoms with Crippen LogP contribution in [0.2, 0.25) is 0 Å². The summed E-state index contributed by atoms with van der Waals surface area (Å²) in [7, 11) is 2.15. The second-order valence-corrected chi connectivity index (χ2v) is 8.51. The second kappa shape index (κ2) is 8.62. The van der Waals surface area contributed by atoms with E-state index in [-0.39, 0.29) is 5.91 Å². The van der Waals surface area contributed by atoms with Crippen molar-refractivity contribution in [2.45, 2.75) is 6.92 Å². The summed E-state index contributed by atoms with van der Waals surface area (Å²) in [6.45, 7) is 8.84. The first kappa shape index (κ1) is 20.0. The molecule has 0 aromatic carbocycles. The van der Waals surface area contributed by atoms with E-state index in [4.69, 9.17) is 0 Å². The molecule has 1 amide bonds. The molecule has 2 aromatic rings. The van der Waals surface area contributed by atoms with Gasteiger partial charge in [-0.15, -0.1) is 0 Å². The Kier molecular flexibility index (Phi) is 5.96. The Labute approximate surface area is 179 Å². The topological polar surface area (TPSA) is 68.7 Å². The first-order valence-electron chi connectivity index (χ1n) is 9.93. The van der Waals surface area contributed by atoms with Crippen molar-refractivity contribution in [3.63, 3.8) is 0 Å². The van der Waals surface area contributed by atoms with Gasteiger partial charge >= 0.3 is 0 Å². The Morgan fingerprint density at radius 2 is 1.48 bits per heavy atom. The Morgan fingerprint density at radius 3 is 2.07 bits per heavy atom. The van der Waals surface area contributed by atoms with E-state index in [2.05, 4.69) is 58.7 Å².